The summed E-state index contributed by atoms with van der Waals surface area (Å²) < 4.78 is 92.2. The molecule has 0 aliphatic carbocycles. The Bertz CT molecular complexity index is 615. The molecule has 0 spiro atoms. The number of rotatable bonds is 8. The summed E-state index contributed by atoms with van der Waals surface area (Å²) in [7, 11) is 0. The summed E-state index contributed by atoms with van der Waals surface area (Å²) in [4.78, 5) is 4.00. The normalized spacial score (nSPS) is 13.0. The van der Waals surface area contributed by atoms with E-state index in [1.165, 1.54) is 0 Å². The summed E-state index contributed by atoms with van der Waals surface area (Å²) in [6.45, 7) is 0.539. The number of hydrogen-bond donors (Lipinski definition) is 2. The molecule has 0 saturated heterocycles. The molecule has 11 heteroatoms. The average Bonchev–Trinajstić information content (AvgIpc) is 2.54. The van der Waals surface area contributed by atoms with Crippen LogP contribution in [0.15, 0.2) is 23.2 Å². The van der Waals surface area contributed by atoms with E-state index in [1.54, 1.807) is 6.92 Å². The first kappa shape index (κ1) is 23.0. The number of guanidine groups is 1. The number of nitrogens with zero attached hydrogens (tertiary/aromatic N) is 1. The third-order valence-electron chi connectivity index (χ3n) is 3.15. The van der Waals surface area contributed by atoms with Crippen molar-refractivity contribution in [3.05, 3.63) is 35.1 Å². The van der Waals surface area contributed by atoms with E-state index in [9.17, 15) is 30.7 Å². The molecule has 1 aromatic carbocycles. The first-order valence-corrected chi connectivity index (χ1v) is 8.05. The minimum absolute atomic E-state index is 0.137. The molecular formula is C16H20F7N3O. The lowest BCUT2D eigenvalue weighted by molar-refractivity contribution is -0.173. The molecule has 1 rings (SSSR count). The van der Waals surface area contributed by atoms with Crippen LogP contribution in [-0.2, 0) is 17.5 Å². The number of ether oxygens (including phenoxy) is 1. The van der Waals surface area contributed by atoms with Gasteiger partial charge in [-0.25, -0.2) is 9.38 Å². The molecule has 0 fully saturated rings. The zero-order valence-electron chi connectivity index (χ0n) is 14.5. The molecule has 0 aromatic heterocycles. The van der Waals surface area contributed by atoms with Crippen molar-refractivity contribution in [2.45, 2.75) is 32.2 Å². The summed E-state index contributed by atoms with van der Waals surface area (Å²) in [5.41, 5.74) is -1.31. The zero-order chi connectivity index (χ0) is 20.5. The summed E-state index contributed by atoms with van der Waals surface area (Å²) >= 11 is 0. The molecule has 0 heterocycles. The fourth-order valence-corrected chi connectivity index (χ4v) is 2.03. The van der Waals surface area contributed by atoms with E-state index >= 15 is 0 Å². The van der Waals surface area contributed by atoms with Crippen molar-refractivity contribution in [1.82, 2.24) is 10.6 Å². The largest absolute Gasteiger partial charge is 0.416 e. The standard InChI is InChI=1S/C16H20F7N3O/c1-2-24-14(25-6-3-7-27-10-15(18,19)20)26-9-11-4-5-12(17)8-13(11)16(21,22)23/h4-5,8H,2-3,6-7,9-10H2,1H3,(H2,24,25,26). The number of hydrogen-bond acceptors (Lipinski definition) is 2. The van der Waals surface area contributed by atoms with Crippen LogP contribution in [0, 0.1) is 5.82 Å². The Morgan fingerprint density at radius 2 is 1.81 bits per heavy atom. The number of alkyl halides is 6. The van der Waals surface area contributed by atoms with E-state index in [4.69, 9.17) is 0 Å². The maximum atomic E-state index is 13.1. The third kappa shape index (κ3) is 9.45. The molecule has 154 valence electrons. The predicted octanol–water partition coefficient (Wildman–Crippen LogP) is 3.87. The van der Waals surface area contributed by atoms with Crippen LogP contribution in [0.5, 0.6) is 0 Å². The second kappa shape index (κ2) is 10.3. The van der Waals surface area contributed by atoms with Gasteiger partial charge in [-0.2, -0.15) is 26.3 Å². The van der Waals surface area contributed by atoms with E-state index < -0.39 is 30.3 Å². The molecule has 0 saturated carbocycles. The Balaban J connectivity index is 2.62. The Kier molecular flexibility index (Phi) is 8.80. The Labute approximate surface area is 151 Å². The fraction of sp³-hybridized carbons (Fsp3) is 0.562. The first-order chi connectivity index (χ1) is 12.5. The van der Waals surface area contributed by atoms with Crippen LogP contribution in [0.25, 0.3) is 0 Å². The van der Waals surface area contributed by atoms with Crippen molar-refractivity contribution in [2.75, 3.05) is 26.3 Å². The molecule has 0 bridgehead atoms. The molecule has 0 aliphatic heterocycles. The van der Waals surface area contributed by atoms with Gasteiger partial charge in [-0.15, -0.1) is 0 Å². The van der Waals surface area contributed by atoms with E-state index in [0.717, 1.165) is 12.1 Å². The number of halogens is 7. The fourth-order valence-electron chi connectivity index (χ4n) is 2.03. The van der Waals surface area contributed by atoms with E-state index in [2.05, 4.69) is 20.4 Å². The van der Waals surface area contributed by atoms with Crippen molar-refractivity contribution in [1.29, 1.82) is 0 Å². The van der Waals surface area contributed by atoms with Gasteiger partial charge in [-0.3, -0.25) is 0 Å². The highest BCUT2D eigenvalue weighted by Crippen LogP contribution is 2.32. The van der Waals surface area contributed by atoms with Crippen LogP contribution < -0.4 is 10.6 Å². The zero-order valence-corrected chi connectivity index (χ0v) is 14.5. The summed E-state index contributed by atoms with van der Waals surface area (Å²) in [5.74, 6) is -0.815. The van der Waals surface area contributed by atoms with Crippen LogP contribution in [0.3, 0.4) is 0 Å². The Morgan fingerprint density at radius 1 is 1.11 bits per heavy atom. The van der Waals surface area contributed by atoms with Gasteiger partial charge in [-0.1, -0.05) is 6.07 Å². The van der Waals surface area contributed by atoms with Gasteiger partial charge in [0.2, 0.25) is 0 Å². The van der Waals surface area contributed by atoms with E-state index in [-0.39, 0.29) is 37.6 Å². The highest BCUT2D eigenvalue weighted by molar-refractivity contribution is 5.79. The lowest BCUT2D eigenvalue weighted by Crippen LogP contribution is -2.38. The summed E-state index contributed by atoms with van der Waals surface area (Å²) in [6.07, 6.45) is -8.87. The minimum Gasteiger partial charge on any atom is -0.372 e. The van der Waals surface area contributed by atoms with Crippen molar-refractivity contribution in [3.63, 3.8) is 0 Å². The highest BCUT2D eigenvalue weighted by atomic mass is 19.4. The minimum atomic E-state index is -4.71. The van der Waals surface area contributed by atoms with Gasteiger partial charge in [0.05, 0.1) is 12.1 Å². The lowest BCUT2D eigenvalue weighted by Gasteiger charge is -2.14. The van der Waals surface area contributed by atoms with Crippen molar-refractivity contribution in [3.8, 4) is 0 Å². The third-order valence-corrected chi connectivity index (χ3v) is 3.15. The van der Waals surface area contributed by atoms with Crippen molar-refractivity contribution in [2.24, 2.45) is 4.99 Å². The second-order valence-corrected chi connectivity index (χ2v) is 5.44. The SMILES string of the molecule is CCNC(=NCc1ccc(F)cc1C(F)(F)F)NCCCOCC(F)(F)F. The van der Waals surface area contributed by atoms with Gasteiger partial charge in [0.15, 0.2) is 5.96 Å². The van der Waals surface area contributed by atoms with Crippen LogP contribution in [0.2, 0.25) is 0 Å². The van der Waals surface area contributed by atoms with Crippen molar-refractivity contribution >= 4 is 5.96 Å². The van der Waals surface area contributed by atoms with Gasteiger partial charge in [0.1, 0.15) is 12.4 Å². The quantitative estimate of drug-likeness (QED) is 0.300. The van der Waals surface area contributed by atoms with Crippen molar-refractivity contribution < 1.29 is 35.5 Å². The smallest absolute Gasteiger partial charge is 0.372 e. The molecule has 2 N–H and O–H groups in total. The Morgan fingerprint density at radius 3 is 2.41 bits per heavy atom. The highest BCUT2D eigenvalue weighted by Gasteiger charge is 2.33. The van der Waals surface area contributed by atoms with Gasteiger partial charge in [0, 0.05) is 19.7 Å². The van der Waals surface area contributed by atoms with Gasteiger partial charge in [-0.05, 0) is 31.0 Å². The van der Waals surface area contributed by atoms with Gasteiger partial charge >= 0.3 is 12.4 Å². The monoisotopic (exact) mass is 403 g/mol. The molecular weight excluding hydrogens is 383 g/mol. The molecule has 0 unspecified atom stereocenters. The maximum Gasteiger partial charge on any atom is 0.416 e. The molecule has 0 amide bonds. The molecule has 27 heavy (non-hydrogen) atoms. The predicted molar refractivity (Wildman–Crippen MR) is 85.7 cm³/mol. The van der Waals surface area contributed by atoms with E-state index in [1.807, 2.05) is 0 Å². The summed E-state index contributed by atoms with van der Waals surface area (Å²) in [6, 6.07) is 2.33. The molecule has 4 nitrogen and oxygen atoms in total. The van der Waals surface area contributed by atoms with Gasteiger partial charge in [0.25, 0.3) is 0 Å². The van der Waals surface area contributed by atoms with Gasteiger partial charge < -0.3 is 15.4 Å². The van der Waals surface area contributed by atoms with Crippen LogP contribution in [0.4, 0.5) is 30.7 Å². The first-order valence-electron chi connectivity index (χ1n) is 8.05. The van der Waals surface area contributed by atoms with Crippen LogP contribution in [-0.4, -0.2) is 38.4 Å². The second-order valence-electron chi connectivity index (χ2n) is 5.44. The summed E-state index contributed by atoms with van der Waals surface area (Å²) in [5, 5.41) is 5.58. The van der Waals surface area contributed by atoms with Crippen LogP contribution in [0.1, 0.15) is 24.5 Å². The molecule has 0 atom stereocenters. The number of aliphatic imine (C=N–C) groups is 1. The maximum absolute atomic E-state index is 13.1. The number of benzene rings is 1. The van der Waals surface area contributed by atoms with Crippen LogP contribution >= 0.6 is 0 Å². The number of nitrogens with one attached hydrogen (secondary N) is 2. The molecule has 1 aromatic rings. The Hall–Kier alpha value is -2.04. The molecule has 0 aliphatic rings. The molecule has 0 radical (unpaired) electrons. The lowest BCUT2D eigenvalue weighted by atomic mass is 10.1. The topological polar surface area (TPSA) is 45.7 Å². The van der Waals surface area contributed by atoms with E-state index in [0.29, 0.717) is 12.6 Å². The average molecular weight is 403 g/mol.